The van der Waals surface area contributed by atoms with Crippen LogP contribution in [0.4, 0.5) is 0 Å². The number of ether oxygens (including phenoxy) is 1. The lowest BCUT2D eigenvalue weighted by Crippen LogP contribution is -2.37. The molecule has 1 fully saturated rings. The third-order valence-electron chi connectivity index (χ3n) is 2.70. The van der Waals surface area contributed by atoms with Crippen LogP contribution in [0.25, 0.3) is 0 Å². The Morgan fingerprint density at radius 3 is 2.62 bits per heavy atom. The van der Waals surface area contributed by atoms with E-state index >= 15 is 0 Å². The summed E-state index contributed by atoms with van der Waals surface area (Å²) in [6.45, 7) is 4.69. The van der Waals surface area contributed by atoms with E-state index in [4.69, 9.17) is 27.9 Å². The molecular weight excluding hydrogens is 249 g/mol. The minimum atomic E-state index is -0.0684. The van der Waals surface area contributed by atoms with Gasteiger partial charge < -0.3 is 4.74 Å². The summed E-state index contributed by atoms with van der Waals surface area (Å²) in [5, 5.41) is 0.635. The normalized spacial score (nSPS) is 19.8. The number of carbonyl (C=O) groups excluding carboxylic acids is 1. The Labute approximate surface area is 106 Å². The maximum absolute atomic E-state index is 11.5. The van der Waals surface area contributed by atoms with Gasteiger partial charge in [0.2, 0.25) is 0 Å². The van der Waals surface area contributed by atoms with E-state index in [1.807, 2.05) is 6.92 Å². The molecule has 16 heavy (non-hydrogen) atoms. The van der Waals surface area contributed by atoms with E-state index in [1.54, 1.807) is 0 Å². The second-order valence-corrected chi connectivity index (χ2v) is 4.56. The molecule has 3 nitrogen and oxygen atoms in total. The summed E-state index contributed by atoms with van der Waals surface area (Å²) in [5.74, 6) is -0.0175. The molecule has 0 saturated carbocycles. The van der Waals surface area contributed by atoms with Crippen molar-refractivity contribution >= 4 is 29.2 Å². The summed E-state index contributed by atoms with van der Waals surface area (Å²) in [4.78, 5) is 13.7. The molecule has 92 valence electrons. The zero-order valence-corrected chi connectivity index (χ0v) is 10.9. The summed E-state index contributed by atoms with van der Waals surface area (Å²) < 4.78 is 5.00. The van der Waals surface area contributed by atoms with E-state index in [9.17, 15) is 4.79 Å². The van der Waals surface area contributed by atoms with Crippen molar-refractivity contribution in [2.75, 3.05) is 26.2 Å². The molecule has 0 aromatic carbocycles. The molecule has 0 aromatic rings. The van der Waals surface area contributed by atoms with Gasteiger partial charge in [-0.25, -0.2) is 0 Å². The molecule has 0 atom stereocenters. The molecule has 0 N–H and O–H groups in total. The Bertz CT molecular complexity index is 261. The Morgan fingerprint density at radius 2 is 2.12 bits per heavy atom. The first-order chi connectivity index (χ1) is 7.67. The van der Waals surface area contributed by atoms with Gasteiger partial charge in [-0.05, 0) is 32.9 Å². The first kappa shape index (κ1) is 13.8. The van der Waals surface area contributed by atoms with Gasteiger partial charge in [-0.3, -0.25) is 9.69 Å². The fourth-order valence-electron chi connectivity index (χ4n) is 1.84. The van der Waals surface area contributed by atoms with Gasteiger partial charge in [-0.1, -0.05) is 23.2 Å². The van der Waals surface area contributed by atoms with Crippen LogP contribution in [0.15, 0.2) is 10.6 Å². The summed E-state index contributed by atoms with van der Waals surface area (Å²) >= 11 is 11.3. The van der Waals surface area contributed by atoms with Crippen molar-refractivity contribution in [2.45, 2.75) is 19.8 Å². The largest absolute Gasteiger partial charge is 0.466 e. The maximum Gasteiger partial charge on any atom is 0.309 e. The van der Waals surface area contributed by atoms with Gasteiger partial charge in [0.1, 0.15) is 0 Å². The molecule has 1 rings (SSSR count). The van der Waals surface area contributed by atoms with Crippen molar-refractivity contribution in [2.24, 2.45) is 5.92 Å². The van der Waals surface area contributed by atoms with Crippen molar-refractivity contribution in [1.82, 2.24) is 4.90 Å². The average Bonchev–Trinajstić information content (AvgIpc) is 2.30. The minimum Gasteiger partial charge on any atom is -0.466 e. The van der Waals surface area contributed by atoms with Crippen LogP contribution in [0.1, 0.15) is 19.8 Å². The Morgan fingerprint density at radius 1 is 1.50 bits per heavy atom. The SMILES string of the molecule is CCOC(=O)C1CCN(CC(Cl)=CCl)CC1. The lowest BCUT2D eigenvalue weighted by Gasteiger charge is -2.30. The summed E-state index contributed by atoms with van der Waals surface area (Å²) in [6, 6.07) is 0. The van der Waals surface area contributed by atoms with Gasteiger partial charge in [0.05, 0.1) is 12.5 Å². The van der Waals surface area contributed by atoms with Gasteiger partial charge >= 0.3 is 5.97 Å². The standard InChI is InChI=1S/C11H17Cl2NO2/c1-2-16-11(15)9-3-5-14(6-4-9)8-10(13)7-12/h7,9H,2-6,8H2,1H3. The number of carbonyl (C=O) groups is 1. The number of halogens is 2. The molecule has 0 unspecified atom stereocenters. The quantitative estimate of drug-likeness (QED) is 0.732. The van der Waals surface area contributed by atoms with Crippen LogP contribution in [0, 0.1) is 5.92 Å². The van der Waals surface area contributed by atoms with Crippen molar-refractivity contribution in [3.8, 4) is 0 Å². The predicted octanol–water partition coefficient (Wildman–Crippen LogP) is 2.58. The van der Waals surface area contributed by atoms with Gasteiger partial charge in [0, 0.05) is 17.1 Å². The maximum atomic E-state index is 11.5. The zero-order chi connectivity index (χ0) is 12.0. The number of esters is 1. The highest BCUT2D eigenvalue weighted by Crippen LogP contribution is 2.20. The van der Waals surface area contributed by atoms with E-state index in [0.29, 0.717) is 18.2 Å². The van der Waals surface area contributed by atoms with E-state index in [-0.39, 0.29) is 11.9 Å². The zero-order valence-electron chi connectivity index (χ0n) is 9.42. The lowest BCUT2D eigenvalue weighted by atomic mass is 9.97. The number of hydrogen-bond acceptors (Lipinski definition) is 3. The molecule has 1 aliphatic rings. The summed E-state index contributed by atoms with van der Waals surface area (Å²) in [6.07, 6.45) is 1.68. The number of nitrogens with zero attached hydrogens (tertiary/aromatic N) is 1. The highest BCUT2D eigenvalue weighted by molar-refractivity contribution is 6.36. The molecule has 1 heterocycles. The fraction of sp³-hybridized carbons (Fsp3) is 0.727. The van der Waals surface area contributed by atoms with Crippen LogP contribution >= 0.6 is 23.2 Å². The van der Waals surface area contributed by atoms with Crippen molar-refractivity contribution in [3.63, 3.8) is 0 Å². The van der Waals surface area contributed by atoms with Crippen molar-refractivity contribution < 1.29 is 9.53 Å². The lowest BCUT2D eigenvalue weighted by molar-refractivity contribution is -0.149. The molecular formula is C11H17Cl2NO2. The van der Waals surface area contributed by atoms with E-state index in [1.165, 1.54) is 5.54 Å². The highest BCUT2D eigenvalue weighted by Gasteiger charge is 2.25. The van der Waals surface area contributed by atoms with Gasteiger partial charge in [0.25, 0.3) is 0 Å². The number of piperidine rings is 1. The van der Waals surface area contributed by atoms with Crippen molar-refractivity contribution in [3.05, 3.63) is 10.6 Å². The van der Waals surface area contributed by atoms with Crippen LogP contribution in [-0.2, 0) is 9.53 Å². The molecule has 0 aromatic heterocycles. The molecule has 1 aliphatic heterocycles. The van der Waals surface area contributed by atoms with Gasteiger partial charge in [-0.2, -0.15) is 0 Å². The molecule has 0 aliphatic carbocycles. The first-order valence-corrected chi connectivity index (χ1v) is 6.32. The Hall–Kier alpha value is -0.250. The highest BCUT2D eigenvalue weighted by atomic mass is 35.5. The monoisotopic (exact) mass is 265 g/mol. The fourth-order valence-corrected chi connectivity index (χ4v) is 2.07. The Kier molecular flexibility index (Phi) is 6.17. The number of hydrogen-bond donors (Lipinski definition) is 0. The molecule has 0 amide bonds. The second-order valence-electron chi connectivity index (χ2n) is 3.86. The smallest absolute Gasteiger partial charge is 0.309 e. The molecule has 5 heteroatoms. The van der Waals surface area contributed by atoms with E-state index < -0.39 is 0 Å². The third-order valence-corrected chi connectivity index (χ3v) is 3.30. The Balaban J connectivity index is 2.31. The number of rotatable bonds is 4. The minimum absolute atomic E-state index is 0.0509. The van der Waals surface area contributed by atoms with Gasteiger partial charge in [-0.15, -0.1) is 0 Å². The average molecular weight is 266 g/mol. The molecule has 0 radical (unpaired) electrons. The summed E-state index contributed by atoms with van der Waals surface area (Å²) in [7, 11) is 0. The van der Waals surface area contributed by atoms with Crippen molar-refractivity contribution in [1.29, 1.82) is 0 Å². The van der Waals surface area contributed by atoms with Crippen LogP contribution in [0.5, 0.6) is 0 Å². The predicted molar refractivity (Wildman–Crippen MR) is 65.6 cm³/mol. The molecule has 0 bridgehead atoms. The van der Waals surface area contributed by atoms with Crippen LogP contribution in [-0.4, -0.2) is 37.1 Å². The summed E-state index contributed by atoms with van der Waals surface area (Å²) in [5.41, 5.74) is 1.39. The molecule has 1 saturated heterocycles. The second kappa shape index (κ2) is 7.15. The van der Waals surface area contributed by atoms with Crippen LogP contribution < -0.4 is 0 Å². The topological polar surface area (TPSA) is 29.5 Å². The van der Waals surface area contributed by atoms with E-state index in [2.05, 4.69) is 4.90 Å². The van der Waals surface area contributed by atoms with Gasteiger partial charge in [0.15, 0.2) is 0 Å². The van der Waals surface area contributed by atoms with E-state index in [0.717, 1.165) is 25.9 Å². The molecule has 0 spiro atoms. The number of likely N-dealkylation sites (tertiary alicyclic amines) is 1. The third kappa shape index (κ3) is 4.32. The van der Waals surface area contributed by atoms with Crippen LogP contribution in [0.2, 0.25) is 0 Å². The van der Waals surface area contributed by atoms with Crippen LogP contribution in [0.3, 0.4) is 0 Å². The first-order valence-electron chi connectivity index (χ1n) is 5.51.